The fourth-order valence-corrected chi connectivity index (χ4v) is 2.69. The monoisotopic (exact) mass is 322 g/mol. The van der Waals surface area contributed by atoms with Gasteiger partial charge in [0.25, 0.3) is 5.91 Å². The quantitative estimate of drug-likeness (QED) is 0.697. The maximum atomic E-state index is 12.5. The van der Waals surface area contributed by atoms with Crippen molar-refractivity contribution in [3.63, 3.8) is 0 Å². The first-order valence-electron chi connectivity index (χ1n) is 7.56. The van der Waals surface area contributed by atoms with Gasteiger partial charge in [-0.1, -0.05) is 24.3 Å². The average molecular weight is 322 g/mol. The number of methoxy groups -OCH3 is 1. The molecule has 0 atom stereocenters. The maximum Gasteiger partial charge on any atom is 0.335 e. The minimum atomic E-state index is -0.378. The highest BCUT2D eigenvalue weighted by Crippen LogP contribution is 2.20. The van der Waals surface area contributed by atoms with Gasteiger partial charge in [-0.2, -0.15) is 0 Å². The lowest BCUT2D eigenvalue weighted by atomic mass is 10.1. The van der Waals surface area contributed by atoms with Gasteiger partial charge in [0, 0.05) is 13.1 Å². The normalized spacial score (nSPS) is 11.3. The molecule has 3 rings (SSSR count). The molecular formula is C19H18N2O3. The molecule has 0 bridgehead atoms. The topological polar surface area (TPSA) is 53.2 Å². The predicted molar refractivity (Wildman–Crippen MR) is 94.6 cm³/mol. The SMILES string of the molecule is COc1cc(/C=C/C(=O)n2c(=O)n(C)c3ccccc32)ccc1C. The van der Waals surface area contributed by atoms with Gasteiger partial charge < -0.3 is 4.74 Å². The van der Waals surface area contributed by atoms with E-state index in [1.807, 2.05) is 37.3 Å². The first kappa shape index (κ1) is 15.8. The Kier molecular flexibility index (Phi) is 4.08. The summed E-state index contributed by atoms with van der Waals surface area (Å²) >= 11 is 0. The molecule has 0 N–H and O–H groups in total. The van der Waals surface area contributed by atoms with Crippen LogP contribution in [-0.4, -0.2) is 22.2 Å². The van der Waals surface area contributed by atoms with Crippen LogP contribution in [0.1, 0.15) is 15.9 Å². The summed E-state index contributed by atoms with van der Waals surface area (Å²) in [5.74, 6) is 0.378. The van der Waals surface area contributed by atoms with Crippen molar-refractivity contribution in [1.82, 2.24) is 9.13 Å². The van der Waals surface area contributed by atoms with Crippen molar-refractivity contribution in [3.05, 3.63) is 70.2 Å². The van der Waals surface area contributed by atoms with E-state index in [1.165, 1.54) is 15.2 Å². The molecule has 24 heavy (non-hydrogen) atoms. The number of carbonyl (C=O) groups is 1. The van der Waals surface area contributed by atoms with E-state index >= 15 is 0 Å². The molecule has 3 aromatic rings. The van der Waals surface area contributed by atoms with Crippen molar-refractivity contribution >= 4 is 23.0 Å². The number of fused-ring (bicyclic) bond motifs is 1. The molecule has 0 saturated heterocycles. The van der Waals surface area contributed by atoms with E-state index in [0.29, 0.717) is 5.52 Å². The molecule has 0 saturated carbocycles. The van der Waals surface area contributed by atoms with Crippen LogP contribution >= 0.6 is 0 Å². The van der Waals surface area contributed by atoms with Crippen LogP contribution in [0.2, 0.25) is 0 Å². The third-order valence-electron chi connectivity index (χ3n) is 4.03. The molecule has 0 amide bonds. The number of aromatic nitrogens is 2. The van der Waals surface area contributed by atoms with Crippen molar-refractivity contribution in [3.8, 4) is 5.75 Å². The van der Waals surface area contributed by atoms with E-state index in [9.17, 15) is 9.59 Å². The third-order valence-corrected chi connectivity index (χ3v) is 4.03. The molecule has 1 heterocycles. The minimum absolute atomic E-state index is 0.354. The van der Waals surface area contributed by atoms with E-state index in [0.717, 1.165) is 22.4 Å². The molecule has 2 aromatic carbocycles. The number of allylic oxidation sites excluding steroid dienone is 1. The predicted octanol–water partition coefficient (Wildman–Crippen LogP) is 3.01. The van der Waals surface area contributed by atoms with Crippen LogP contribution in [0, 0.1) is 6.92 Å². The number of imidazole rings is 1. The molecule has 5 nitrogen and oxygen atoms in total. The van der Waals surface area contributed by atoms with E-state index in [4.69, 9.17) is 4.74 Å². The van der Waals surface area contributed by atoms with Gasteiger partial charge in [-0.3, -0.25) is 9.36 Å². The summed E-state index contributed by atoms with van der Waals surface area (Å²) < 4.78 is 7.93. The van der Waals surface area contributed by atoms with Gasteiger partial charge in [0.1, 0.15) is 5.75 Å². The number of hydrogen-bond donors (Lipinski definition) is 0. The number of para-hydroxylation sites is 2. The number of aryl methyl sites for hydroxylation is 2. The number of hydrogen-bond acceptors (Lipinski definition) is 3. The summed E-state index contributed by atoms with van der Waals surface area (Å²) in [5.41, 5.74) is 2.82. The molecule has 1 aromatic heterocycles. The summed E-state index contributed by atoms with van der Waals surface area (Å²) in [4.78, 5) is 24.9. The number of nitrogens with zero attached hydrogens (tertiary/aromatic N) is 2. The number of rotatable bonds is 3. The second kappa shape index (κ2) is 6.20. The highest BCUT2D eigenvalue weighted by atomic mass is 16.5. The van der Waals surface area contributed by atoms with Crippen LogP contribution in [0.4, 0.5) is 0 Å². The highest BCUT2D eigenvalue weighted by Gasteiger charge is 2.14. The number of benzene rings is 2. The zero-order chi connectivity index (χ0) is 17.3. The lowest BCUT2D eigenvalue weighted by molar-refractivity contribution is 0.0970. The van der Waals surface area contributed by atoms with Crippen LogP contribution in [0.15, 0.2) is 53.3 Å². The Morgan fingerprint density at radius 3 is 2.54 bits per heavy atom. The molecule has 0 unspecified atom stereocenters. The number of carbonyl (C=O) groups excluding carboxylic acids is 1. The van der Waals surface area contributed by atoms with Gasteiger partial charge in [-0.15, -0.1) is 0 Å². The summed E-state index contributed by atoms with van der Waals surface area (Å²) in [5, 5.41) is 0. The Morgan fingerprint density at radius 2 is 1.83 bits per heavy atom. The lowest BCUT2D eigenvalue weighted by Crippen LogP contribution is -2.26. The van der Waals surface area contributed by atoms with Crippen LogP contribution in [0.3, 0.4) is 0 Å². The zero-order valence-electron chi connectivity index (χ0n) is 13.8. The Balaban J connectivity index is 1.99. The van der Waals surface area contributed by atoms with Crippen LogP contribution < -0.4 is 10.4 Å². The number of ether oxygens (including phenoxy) is 1. The fourth-order valence-electron chi connectivity index (χ4n) is 2.69. The van der Waals surface area contributed by atoms with E-state index in [2.05, 4.69) is 0 Å². The maximum absolute atomic E-state index is 12.5. The second-order valence-corrected chi connectivity index (χ2v) is 5.57. The first-order chi connectivity index (χ1) is 11.5. The minimum Gasteiger partial charge on any atom is -0.496 e. The van der Waals surface area contributed by atoms with Crippen molar-refractivity contribution in [2.45, 2.75) is 6.92 Å². The Morgan fingerprint density at radius 1 is 1.12 bits per heavy atom. The van der Waals surface area contributed by atoms with Gasteiger partial charge in [-0.05, 0) is 42.3 Å². The van der Waals surface area contributed by atoms with E-state index < -0.39 is 0 Å². The third kappa shape index (κ3) is 2.65. The van der Waals surface area contributed by atoms with Crippen LogP contribution in [0.25, 0.3) is 17.1 Å². The van der Waals surface area contributed by atoms with Gasteiger partial charge in [-0.25, -0.2) is 9.36 Å². The first-order valence-corrected chi connectivity index (χ1v) is 7.56. The largest absolute Gasteiger partial charge is 0.496 e. The van der Waals surface area contributed by atoms with Crippen molar-refractivity contribution in [2.75, 3.05) is 7.11 Å². The second-order valence-electron chi connectivity index (χ2n) is 5.57. The Bertz CT molecular complexity index is 1010. The molecule has 0 radical (unpaired) electrons. The average Bonchev–Trinajstić information content (AvgIpc) is 2.85. The van der Waals surface area contributed by atoms with Crippen LogP contribution in [-0.2, 0) is 7.05 Å². The summed E-state index contributed by atoms with van der Waals surface area (Å²) in [6.45, 7) is 1.95. The molecule has 122 valence electrons. The molecule has 0 spiro atoms. The summed E-state index contributed by atoms with van der Waals surface area (Å²) in [6.07, 6.45) is 3.08. The molecule has 0 fully saturated rings. The summed E-state index contributed by atoms with van der Waals surface area (Å²) in [6, 6.07) is 12.9. The van der Waals surface area contributed by atoms with E-state index in [-0.39, 0.29) is 11.6 Å². The zero-order valence-corrected chi connectivity index (χ0v) is 13.8. The smallest absolute Gasteiger partial charge is 0.335 e. The van der Waals surface area contributed by atoms with Gasteiger partial charge in [0.05, 0.1) is 18.1 Å². The van der Waals surface area contributed by atoms with Crippen LogP contribution in [0.5, 0.6) is 5.75 Å². The van der Waals surface area contributed by atoms with Crippen molar-refractivity contribution < 1.29 is 9.53 Å². The molecule has 0 aliphatic heterocycles. The van der Waals surface area contributed by atoms with Gasteiger partial charge >= 0.3 is 5.69 Å². The van der Waals surface area contributed by atoms with Crippen molar-refractivity contribution in [1.29, 1.82) is 0 Å². The molecular weight excluding hydrogens is 304 g/mol. The molecule has 0 aliphatic rings. The van der Waals surface area contributed by atoms with Gasteiger partial charge in [0.2, 0.25) is 0 Å². The lowest BCUT2D eigenvalue weighted by Gasteiger charge is -2.04. The summed E-state index contributed by atoms with van der Waals surface area (Å²) in [7, 11) is 3.26. The molecule has 5 heteroatoms. The molecule has 0 aliphatic carbocycles. The highest BCUT2D eigenvalue weighted by molar-refractivity contribution is 5.99. The fraction of sp³-hybridized carbons (Fsp3) is 0.158. The Hall–Kier alpha value is -3.08. The Labute approximate surface area is 139 Å². The van der Waals surface area contributed by atoms with E-state index in [1.54, 1.807) is 32.4 Å². The van der Waals surface area contributed by atoms with Crippen molar-refractivity contribution in [2.24, 2.45) is 7.05 Å². The van der Waals surface area contributed by atoms with Gasteiger partial charge in [0.15, 0.2) is 0 Å². The standard InChI is InChI=1S/C19H18N2O3/c1-13-8-9-14(12-17(13)24-3)10-11-18(22)21-16-7-5-4-6-15(16)20(2)19(21)23/h4-12H,1-3H3/b11-10+.